The number of likely N-dealkylation sites (tertiary alicyclic amines) is 1. The Balaban J connectivity index is 1.38. The van der Waals surface area contributed by atoms with Crippen LogP contribution in [-0.4, -0.2) is 44.7 Å². The molecule has 1 spiro atoms. The number of nitrogens with one attached hydrogen (secondary N) is 1. The van der Waals surface area contributed by atoms with Gasteiger partial charge in [0.15, 0.2) is 0 Å². The number of fused-ring (bicyclic) bond motifs is 2. The number of piperidine rings is 1. The van der Waals surface area contributed by atoms with Gasteiger partial charge in [0.2, 0.25) is 0 Å². The number of carboxylic acids is 1. The minimum atomic E-state index is -1.00. The fourth-order valence-corrected chi connectivity index (χ4v) is 6.93. The number of hydrogen-bond acceptors (Lipinski definition) is 7. The summed E-state index contributed by atoms with van der Waals surface area (Å²) in [7, 11) is 0. The van der Waals surface area contributed by atoms with E-state index in [1.54, 1.807) is 6.07 Å². The fraction of sp³-hybridized carbons (Fsp3) is 0.351. The fourth-order valence-electron chi connectivity index (χ4n) is 6.93. The van der Waals surface area contributed by atoms with E-state index in [-0.39, 0.29) is 25.1 Å². The molecule has 3 aromatic carbocycles. The van der Waals surface area contributed by atoms with Crippen LogP contribution in [-0.2, 0) is 41.4 Å². The molecule has 254 valence electrons. The third-order valence-electron chi connectivity index (χ3n) is 9.51. The maximum Gasteiger partial charge on any atom is 0.331 e. The molecule has 3 heterocycles. The van der Waals surface area contributed by atoms with Crippen LogP contribution in [0.15, 0.2) is 82.4 Å². The molecule has 49 heavy (non-hydrogen) atoms. The lowest BCUT2D eigenvalue weighted by molar-refractivity contribution is -0.137. The number of ether oxygens (including phenoxy) is 1. The van der Waals surface area contributed by atoms with Crippen LogP contribution >= 0.6 is 0 Å². The lowest BCUT2D eigenvalue weighted by atomic mass is 9.85. The number of carbonyl (C=O) groups is 1. The topological polar surface area (TPSA) is 130 Å². The van der Waals surface area contributed by atoms with E-state index in [1.807, 2.05) is 48.5 Å². The Morgan fingerprint density at radius 2 is 1.69 bits per heavy atom. The number of rotatable bonds is 12. The van der Waals surface area contributed by atoms with E-state index in [9.17, 15) is 28.4 Å². The van der Waals surface area contributed by atoms with Crippen molar-refractivity contribution in [3.63, 3.8) is 0 Å². The highest BCUT2D eigenvalue weighted by atomic mass is 19.1. The van der Waals surface area contributed by atoms with Crippen molar-refractivity contribution in [2.45, 2.75) is 63.6 Å². The third kappa shape index (κ3) is 7.24. The molecule has 2 N–H and O–H groups in total. The molecule has 0 aliphatic carbocycles. The van der Waals surface area contributed by atoms with Gasteiger partial charge in [-0.05, 0) is 61.2 Å². The predicted octanol–water partition coefficient (Wildman–Crippen LogP) is 4.43. The molecular weight excluding hydrogens is 632 g/mol. The summed E-state index contributed by atoms with van der Waals surface area (Å²) in [5.41, 5.74) is 0.487. The second kappa shape index (κ2) is 14.7. The highest BCUT2D eigenvalue weighted by molar-refractivity contribution is 5.66. The van der Waals surface area contributed by atoms with E-state index in [0.717, 1.165) is 27.8 Å². The Labute approximate surface area is 281 Å². The summed E-state index contributed by atoms with van der Waals surface area (Å²) in [5.74, 6) is -2.53. The summed E-state index contributed by atoms with van der Waals surface area (Å²) in [6.07, 6.45) is 1.20. The van der Waals surface area contributed by atoms with Gasteiger partial charge in [0, 0.05) is 31.6 Å². The molecule has 0 radical (unpaired) electrons. The number of nitriles is 1. The van der Waals surface area contributed by atoms with Gasteiger partial charge in [-0.3, -0.25) is 23.6 Å². The summed E-state index contributed by atoms with van der Waals surface area (Å²) in [6, 6.07) is 21.8. The third-order valence-corrected chi connectivity index (χ3v) is 9.51. The van der Waals surface area contributed by atoms with Crippen molar-refractivity contribution in [3.05, 3.63) is 139 Å². The van der Waals surface area contributed by atoms with E-state index < -0.39 is 47.0 Å². The van der Waals surface area contributed by atoms with Crippen molar-refractivity contribution in [2.75, 3.05) is 19.6 Å². The number of hydrogen-bond donors (Lipinski definition) is 2. The van der Waals surface area contributed by atoms with E-state index in [4.69, 9.17) is 9.84 Å². The van der Waals surface area contributed by atoms with Crippen molar-refractivity contribution in [1.29, 1.82) is 5.26 Å². The molecule has 1 unspecified atom stereocenters. The first-order valence-corrected chi connectivity index (χ1v) is 16.3. The summed E-state index contributed by atoms with van der Waals surface area (Å²) in [6.45, 7) is 1.50. The Morgan fingerprint density at radius 3 is 2.39 bits per heavy atom. The van der Waals surface area contributed by atoms with E-state index in [0.29, 0.717) is 62.3 Å². The molecule has 0 bridgehead atoms. The van der Waals surface area contributed by atoms with Crippen molar-refractivity contribution < 1.29 is 23.4 Å². The van der Waals surface area contributed by atoms with Crippen LogP contribution in [0.3, 0.4) is 0 Å². The molecule has 10 nitrogen and oxygen atoms in total. The van der Waals surface area contributed by atoms with Crippen LogP contribution in [0.2, 0.25) is 0 Å². The maximum atomic E-state index is 14.9. The molecule has 0 saturated carbocycles. The van der Waals surface area contributed by atoms with Gasteiger partial charge < -0.3 is 15.2 Å². The van der Waals surface area contributed by atoms with E-state index >= 15 is 0 Å². The van der Waals surface area contributed by atoms with Gasteiger partial charge in [0.25, 0.3) is 5.56 Å². The van der Waals surface area contributed by atoms with E-state index in [2.05, 4.69) is 16.3 Å². The molecule has 2 aliphatic rings. The molecule has 2 aliphatic heterocycles. The molecule has 6 rings (SSSR count). The number of aliphatic carboxylic acids is 1. The first kappa shape index (κ1) is 33.9. The van der Waals surface area contributed by atoms with Crippen LogP contribution in [0.1, 0.15) is 65.2 Å². The molecule has 1 atom stereocenters. The quantitative estimate of drug-likeness (QED) is 0.212. The average molecular weight is 670 g/mol. The van der Waals surface area contributed by atoms with Crippen molar-refractivity contribution in [2.24, 2.45) is 0 Å². The van der Waals surface area contributed by atoms with Gasteiger partial charge >= 0.3 is 11.7 Å². The summed E-state index contributed by atoms with van der Waals surface area (Å²) < 4.78 is 38.7. The minimum absolute atomic E-state index is 0.0467. The van der Waals surface area contributed by atoms with Crippen molar-refractivity contribution in [1.82, 2.24) is 19.4 Å². The van der Waals surface area contributed by atoms with E-state index in [1.165, 1.54) is 10.6 Å². The molecule has 1 fully saturated rings. The number of nitrogens with zero attached hydrogens (tertiary/aromatic N) is 4. The van der Waals surface area contributed by atoms with Crippen LogP contribution in [0.25, 0.3) is 0 Å². The van der Waals surface area contributed by atoms with Crippen LogP contribution < -0.4 is 16.6 Å². The van der Waals surface area contributed by atoms with Gasteiger partial charge in [-0.25, -0.2) is 13.6 Å². The van der Waals surface area contributed by atoms with Gasteiger partial charge in [-0.15, -0.1) is 0 Å². The predicted molar refractivity (Wildman–Crippen MR) is 177 cm³/mol. The average Bonchev–Trinajstić information content (AvgIpc) is 3.47. The van der Waals surface area contributed by atoms with Crippen molar-refractivity contribution in [3.8, 4) is 6.07 Å². The normalized spacial score (nSPS) is 15.9. The van der Waals surface area contributed by atoms with Crippen LogP contribution in [0, 0.1) is 23.0 Å². The van der Waals surface area contributed by atoms with Gasteiger partial charge in [-0.2, -0.15) is 5.26 Å². The zero-order valence-electron chi connectivity index (χ0n) is 26.9. The lowest BCUT2D eigenvalue weighted by Gasteiger charge is -2.39. The number of halogens is 2. The highest BCUT2D eigenvalue weighted by Gasteiger charge is 2.47. The summed E-state index contributed by atoms with van der Waals surface area (Å²) in [4.78, 5) is 42.1. The largest absolute Gasteiger partial charge is 0.481 e. The first-order chi connectivity index (χ1) is 23.7. The maximum absolute atomic E-state index is 14.9. The smallest absolute Gasteiger partial charge is 0.331 e. The molecule has 1 aromatic heterocycles. The SMILES string of the molecule is N#Cc1cccc(CN2CCC3(CC2)OCc2c3c(=O)n(CC(NCCCC(=O)O)c3ccccc3)c(=O)n2Cc2c(F)cccc2F)c1. The Kier molecular flexibility index (Phi) is 10.1. The Morgan fingerprint density at radius 1 is 0.980 bits per heavy atom. The van der Waals surface area contributed by atoms with Crippen molar-refractivity contribution >= 4 is 5.97 Å². The number of benzene rings is 3. The second-order valence-electron chi connectivity index (χ2n) is 12.6. The molecular formula is C37H37F2N5O5. The van der Waals surface area contributed by atoms with Gasteiger partial charge in [0.1, 0.15) is 17.2 Å². The molecule has 0 amide bonds. The second-order valence-corrected chi connectivity index (χ2v) is 12.6. The zero-order chi connectivity index (χ0) is 34.5. The summed E-state index contributed by atoms with van der Waals surface area (Å²) in [5, 5.41) is 21.7. The molecule has 12 heteroatoms. The molecule has 1 saturated heterocycles. The molecule has 4 aromatic rings. The number of aromatic nitrogens is 2. The Hall–Kier alpha value is -4.96. The van der Waals surface area contributed by atoms with Crippen LogP contribution in [0.5, 0.6) is 0 Å². The van der Waals surface area contributed by atoms with Gasteiger partial charge in [-0.1, -0.05) is 48.5 Å². The van der Waals surface area contributed by atoms with Crippen LogP contribution in [0.4, 0.5) is 8.78 Å². The summed E-state index contributed by atoms with van der Waals surface area (Å²) >= 11 is 0. The monoisotopic (exact) mass is 669 g/mol. The lowest BCUT2D eigenvalue weighted by Crippen LogP contribution is -2.50. The number of carboxylic acid groups (broad SMARTS) is 1. The minimum Gasteiger partial charge on any atom is -0.481 e. The Bertz CT molecular complexity index is 1980. The highest BCUT2D eigenvalue weighted by Crippen LogP contribution is 2.42. The standard InChI is InChI=1S/C37H37F2N5O5/c38-29-11-5-12-30(39)28(29)22-43-32-24-49-37(14-17-42(18-15-37)21-26-8-4-7-25(19-26)20-40)34(32)35(47)44(36(43)48)23-31(27-9-2-1-3-10-27)41-16-6-13-33(45)46/h1-5,7-12,19,31,41H,6,13-18,21-24H2,(H,45,46). The zero-order valence-corrected chi connectivity index (χ0v) is 26.9. The first-order valence-electron chi connectivity index (χ1n) is 16.3. The van der Waals surface area contributed by atoms with Gasteiger partial charge in [0.05, 0.1) is 48.6 Å².